The molecule has 1 aromatic heterocycles. The standard InChI is InChI=1S/C11H16BrNO2S2/c1-3-15-10(14)6-16-11(7(2)13)8-4-5-9(12)17-8/h4-5,7,11H,3,6,13H2,1-2H3. The van der Waals surface area contributed by atoms with E-state index in [0.29, 0.717) is 12.4 Å². The molecular weight excluding hydrogens is 322 g/mol. The van der Waals surface area contributed by atoms with Crippen LogP contribution in [0.25, 0.3) is 0 Å². The largest absolute Gasteiger partial charge is 0.465 e. The molecule has 1 rings (SSSR count). The van der Waals surface area contributed by atoms with Gasteiger partial charge in [-0.25, -0.2) is 0 Å². The SMILES string of the molecule is CCOC(=O)CSC(c1ccc(Br)s1)C(C)N. The van der Waals surface area contributed by atoms with Gasteiger partial charge in [0.2, 0.25) is 0 Å². The smallest absolute Gasteiger partial charge is 0.315 e. The molecule has 2 N–H and O–H groups in total. The van der Waals surface area contributed by atoms with Crippen molar-refractivity contribution in [2.75, 3.05) is 12.4 Å². The first-order valence-corrected chi connectivity index (χ1v) is 7.98. The second kappa shape index (κ2) is 7.41. The van der Waals surface area contributed by atoms with Crippen LogP contribution in [0.3, 0.4) is 0 Å². The monoisotopic (exact) mass is 337 g/mol. The number of rotatable bonds is 6. The summed E-state index contributed by atoms with van der Waals surface area (Å²) in [6.07, 6.45) is 0. The van der Waals surface area contributed by atoms with E-state index in [1.54, 1.807) is 11.3 Å². The Bertz CT molecular complexity index is 368. The Hall–Kier alpha value is -0.0400. The van der Waals surface area contributed by atoms with Crippen molar-refractivity contribution < 1.29 is 9.53 Å². The van der Waals surface area contributed by atoms with E-state index < -0.39 is 0 Å². The summed E-state index contributed by atoms with van der Waals surface area (Å²) in [6, 6.07) is 4.04. The molecule has 0 saturated carbocycles. The second-order valence-electron chi connectivity index (χ2n) is 3.54. The van der Waals surface area contributed by atoms with Crippen molar-refractivity contribution in [1.82, 2.24) is 0 Å². The van der Waals surface area contributed by atoms with E-state index in [1.165, 1.54) is 16.6 Å². The van der Waals surface area contributed by atoms with E-state index in [4.69, 9.17) is 10.5 Å². The second-order valence-corrected chi connectivity index (χ2v) is 7.16. The summed E-state index contributed by atoms with van der Waals surface area (Å²) in [5.74, 6) is 0.161. The fraction of sp³-hybridized carbons (Fsp3) is 0.545. The quantitative estimate of drug-likeness (QED) is 0.810. The minimum absolute atomic E-state index is 0.0000217. The summed E-state index contributed by atoms with van der Waals surface area (Å²) in [4.78, 5) is 12.5. The van der Waals surface area contributed by atoms with Gasteiger partial charge in [0, 0.05) is 10.9 Å². The van der Waals surface area contributed by atoms with Crippen molar-refractivity contribution >= 4 is 45.0 Å². The van der Waals surface area contributed by atoms with Crippen molar-refractivity contribution in [2.24, 2.45) is 5.73 Å². The molecular formula is C11H16BrNO2S2. The van der Waals surface area contributed by atoms with Crippen LogP contribution in [0.5, 0.6) is 0 Å². The maximum Gasteiger partial charge on any atom is 0.315 e. The van der Waals surface area contributed by atoms with E-state index in [2.05, 4.69) is 15.9 Å². The highest BCUT2D eigenvalue weighted by Crippen LogP contribution is 2.37. The Balaban J connectivity index is 2.58. The molecule has 2 unspecified atom stereocenters. The molecule has 3 nitrogen and oxygen atoms in total. The van der Waals surface area contributed by atoms with Gasteiger partial charge in [-0.15, -0.1) is 23.1 Å². The lowest BCUT2D eigenvalue weighted by atomic mass is 10.2. The van der Waals surface area contributed by atoms with Crippen LogP contribution in [-0.4, -0.2) is 24.4 Å². The molecule has 0 spiro atoms. The van der Waals surface area contributed by atoms with Crippen molar-refractivity contribution in [2.45, 2.75) is 25.1 Å². The van der Waals surface area contributed by atoms with Gasteiger partial charge in [-0.2, -0.15) is 0 Å². The fourth-order valence-electron chi connectivity index (χ4n) is 1.33. The average Bonchev–Trinajstić information content (AvgIpc) is 2.65. The van der Waals surface area contributed by atoms with E-state index in [9.17, 15) is 4.79 Å². The summed E-state index contributed by atoms with van der Waals surface area (Å²) < 4.78 is 5.99. The molecule has 1 aromatic rings. The summed E-state index contributed by atoms with van der Waals surface area (Å²) in [5.41, 5.74) is 5.96. The van der Waals surface area contributed by atoms with Crippen LogP contribution in [0.1, 0.15) is 24.0 Å². The molecule has 0 aliphatic heterocycles. The van der Waals surface area contributed by atoms with E-state index >= 15 is 0 Å². The molecule has 17 heavy (non-hydrogen) atoms. The first-order valence-electron chi connectivity index (χ1n) is 5.32. The summed E-state index contributed by atoms with van der Waals surface area (Å²) in [6.45, 7) is 4.19. The molecule has 0 amide bonds. The number of carbonyl (C=O) groups excluding carboxylic acids is 1. The topological polar surface area (TPSA) is 52.3 Å². The highest BCUT2D eigenvalue weighted by atomic mass is 79.9. The van der Waals surface area contributed by atoms with Crippen molar-refractivity contribution in [3.63, 3.8) is 0 Å². The maximum atomic E-state index is 11.3. The number of thiophene rings is 1. The van der Waals surface area contributed by atoms with Gasteiger partial charge in [-0.05, 0) is 41.9 Å². The highest BCUT2D eigenvalue weighted by Gasteiger charge is 2.20. The van der Waals surface area contributed by atoms with Crippen LogP contribution >= 0.6 is 39.0 Å². The molecule has 0 aliphatic rings. The third-order valence-corrected chi connectivity index (χ3v) is 5.34. The lowest BCUT2D eigenvalue weighted by Gasteiger charge is -2.18. The third kappa shape index (κ3) is 4.99. The van der Waals surface area contributed by atoms with Crippen LogP contribution in [0.15, 0.2) is 15.9 Å². The Morgan fingerprint density at radius 3 is 2.82 bits per heavy atom. The Morgan fingerprint density at radius 2 is 2.35 bits per heavy atom. The van der Waals surface area contributed by atoms with Gasteiger partial charge in [0.25, 0.3) is 0 Å². The maximum absolute atomic E-state index is 11.3. The predicted molar refractivity (Wildman–Crippen MR) is 77.5 cm³/mol. The van der Waals surface area contributed by atoms with Gasteiger partial charge in [-0.3, -0.25) is 4.79 Å². The van der Waals surface area contributed by atoms with E-state index in [-0.39, 0.29) is 17.3 Å². The Kier molecular flexibility index (Phi) is 6.54. The molecule has 0 saturated heterocycles. The number of thioether (sulfide) groups is 1. The molecule has 0 fully saturated rings. The van der Waals surface area contributed by atoms with Gasteiger partial charge in [0.05, 0.1) is 21.4 Å². The number of carbonyl (C=O) groups is 1. The first kappa shape index (κ1) is 15.0. The zero-order valence-corrected chi connectivity index (χ0v) is 13.0. The van der Waals surface area contributed by atoms with Crippen LogP contribution in [0, 0.1) is 0 Å². The predicted octanol–water partition coefficient (Wildman–Crippen LogP) is 3.20. The van der Waals surface area contributed by atoms with Crippen molar-refractivity contribution in [1.29, 1.82) is 0 Å². The van der Waals surface area contributed by atoms with Crippen molar-refractivity contribution in [3.8, 4) is 0 Å². The van der Waals surface area contributed by atoms with Crippen molar-refractivity contribution in [3.05, 3.63) is 20.8 Å². The van der Waals surface area contributed by atoms with Gasteiger partial charge < -0.3 is 10.5 Å². The third-order valence-electron chi connectivity index (χ3n) is 2.04. The lowest BCUT2D eigenvalue weighted by molar-refractivity contribution is -0.139. The Labute approximate surface area is 118 Å². The molecule has 0 bridgehead atoms. The molecule has 0 aliphatic carbocycles. The highest BCUT2D eigenvalue weighted by molar-refractivity contribution is 9.11. The summed E-state index contributed by atoms with van der Waals surface area (Å²) in [7, 11) is 0. The number of esters is 1. The molecule has 1 heterocycles. The van der Waals surface area contributed by atoms with Gasteiger partial charge in [0.1, 0.15) is 0 Å². The summed E-state index contributed by atoms with van der Waals surface area (Å²) >= 11 is 6.62. The number of hydrogen-bond donors (Lipinski definition) is 1. The molecule has 2 atom stereocenters. The van der Waals surface area contributed by atoms with Crippen LogP contribution < -0.4 is 5.73 Å². The number of nitrogens with two attached hydrogens (primary N) is 1. The first-order chi connectivity index (χ1) is 8.04. The Morgan fingerprint density at radius 1 is 1.65 bits per heavy atom. The normalized spacial score (nSPS) is 14.4. The molecule has 96 valence electrons. The van der Waals surface area contributed by atoms with Gasteiger partial charge in [-0.1, -0.05) is 0 Å². The number of hydrogen-bond acceptors (Lipinski definition) is 5. The van der Waals surface area contributed by atoms with Gasteiger partial charge in [0.15, 0.2) is 0 Å². The minimum atomic E-state index is -0.182. The number of halogens is 1. The fourth-order valence-corrected chi connectivity index (χ4v) is 4.15. The minimum Gasteiger partial charge on any atom is -0.465 e. The van der Waals surface area contributed by atoms with E-state index in [1.807, 2.05) is 26.0 Å². The summed E-state index contributed by atoms with van der Waals surface area (Å²) in [5, 5.41) is 0.135. The number of ether oxygens (including phenoxy) is 1. The molecule has 6 heteroatoms. The molecule has 0 aromatic carbocycles. The van der Waals surface area contributed by atoms with Gasteiger partial charge >= 0.3 is 5.97 Å². The lowest BCUT2D eigenvalue weighted by Crippen LogP contribution is -2.23. The zero-order valence-electron chi connectivity index (χ0n) is 9.81. The van der Waals surface area contributed by atoms with Crippen LogP contribution in [0.4, 0.5) is 0 Å². The van der Waals surface area contributed by atoms with E-state index in [0.717, 1.165) is 3.79 Å². The van der Waals surface area contributed by atoms with Crippen LogP contribution in [-0.2, 0) is 9.53 Å². The average molecular weight is 338 g/mol. The molecule has 0 radical (unpaired) electrons. The zero-order chi connectivity index (χ0) is 12.8. The van der Waals surface area contributed by atoms with Crippen LogP contribution in [0.2, 0.25) is 0 Å².